The Bertz CT molecular complexity index is 2100. The van der Waals surface area contributed by atoms with Crippen molar-refractivity contribution in [3.8, 4) is 39.9 Å². The summed E-state index contributed by atoms with van der Waals surface area (Å²) in [5.41, 5.74) is 5.06. The van der Waals surface area contributed by atoms with Gasteiger partial charge in [0.15, 0.2) is 17.5 Å². The van der Waals surface area contributed by atoms with E-state index < -0.39 is 0 Å². The van der Waals surface area contributed by atoms with Crippen molar-refractivity contribution in [1.29, 1.82) is 0 Å². The molecule has 8 rings (SSSR count). The Morgan fingerprint density at radius 1 is 0.475 bits per heavy atom. The van der Waals surface area contributed by atoms with Crippen LogP contribution in [-0.4, -0.2) is 19.5 Å². The molecule has 0 aliphatic carbocycles. The lowest BCUT2D eigenvalue weighted by Crippen LogP contribution is -2.03. The molecular formula is C35H22N4S. The van der Waals surface area contributed by atoms with Crippen LogP contribution in [-0.2, 0) is 0 Å². The third-order valence-electron chi connectivity index (χ3n) is 7.32. The standard InChI is InChI=1S/C35H22N4S/c1-3-11-23(12-4-1)33-36-34(24-13-5-2-6-14-24)38-35(37-33)28-16-7-9-17-29(28)39-22-21-27-30(39)20-19-26-25-15-8-10-18-31(25)40-32(26)27/h1-22H. The van der Waals surface area contributed by atoms with Gasteiger partial charge in [-0.1, -0.05) is 97.1 Å². The van der Waals surface area contributed by atoms with Gasteiger partial charge in [-0.3, -0.25) is 0 Å². The van der Waals surface area contributed by atoms with Crippen molar-refractivity contribution in [2.75, 3.05) is 0 Å². The molecule has 0 spiro atoms. The van der Waals surface area contributed by atoms with Crippen LogP contribution < -0.4 is 0 Å². The van der Waals surface area contributed by atoms with E-state index in [-0.39, 0.29) is 0 Å². The summed E-state index contributed by atoms with van der Waals surface area (Å²) in [5, 5.41) is 3.86. The highest BCUT2D eigenvalue weighted by Gasteiger charge is 2.17. The molecule has 0 amide bonds. The molecule has 0 saturated carbocycles. The zero-order valence-electron chi connectivity index (χ0n) is 21.4. The topological polar surface area (TPSA) is 43.6 Å². The maximum atomic E-state index is 5.00. The van der Waals surface area contributed by atoms with E-state index in [2.05, 4.69) is 71.4 Å². The molecule has 0 unspecified atom stereocenters. The first-order valence-corrected chi connectivity index (χ1v) is 14.0. The van der Waals surface area contributed by atoms with Crippen LogP contribution in [0.2, 0.25) is 0 Å². The number of benzene rings is 5. The zero-order valence-corrected chi connectivity index (χ0v) is 22.2. The first-order valence-electron chi connectivity index (χ1n) is 13.2. The second-order valence-electron chi connectivity index (χ2n) is 9.71. The summed E-state index contributed by atoms with van der Waals surface area (Å²) in [6, 6.07) is 43.9. The van der Waals surface area contributed by atoms with Crippen molar-refractivity contribution in [2.45, 2.75) is 0 Å². The molecule has 8 aromatic rings. The van der Waals surface area contributed by atoms with Gasteiger partial charge < -0.3 is 4.57 Å². The molecule has 0 radical (unpaired) electrons. The largest absolute Gasteiger partial charge is 0.316 e. The van der Waals surface area contributed by atoms with E-state index in [1.165, 1.54) is 25.6 Å². The first-order chi connectivity index (χ1) is 19.8. The van der Waals surface area contributed by atoms with E-state index in [1.54, 1.807) is 0 Å². The molecule has 0 atom stereocenters. The average molecular weight is 531 g/mol. The normalized spacial score (nSPS) is 11.5. The molecule has 3 aromatic heterocycles. The lowest BCUT2D eigenvalue weighted by Gasteiger charge is -2.13. The molecule has 0 aliphatic heterocycles. The zero-order chi connectivity index (χ0) is 26.5. The van der Waals surface area contributed by atoms with E-state index in [9.17, 15) is 0 Å². The van der Waals surface area contributed by atoms with Crippen LogP contribution in [0.3, 0.4) is 0 Å². The van der Waals surface area contributed by atoms with Gasteiger partial charge in [0, 0.05) is 48.4 Å². The summed E-state index contributed by atoms with van der Waals surface area (Å²) in [6.45, 7) is 0. The molecule has 5 heteroatoms. The van der Waals surface area contributed by atoms with Gasteiger partial charge in [0.2, 0.25) is 0 Å². The van der Waals surface area contributed by atoms with Crippen molar-refractivity contribution >= 4 is 42.4 Å². The van der Waals surface area contributed by atoms with Crippen LogP contribution >= 0.6 is 11.3 Å². The van der Waals surface area contributed by atoms with Gasteiger partial charge in [-0.05, 0) is 30.3 Å². The molecule has 4 nitrogen and oxygen atoms in total. The number of hydrogen-bond acceptors (Lipinski definition) is 4. The minimum absolute atomic E-state index is 0.646. The molecule has 0 N–H and O–H groups in total. The van der Waals surface area contributed by atoms with Gasteiger partial charge in [-0.15, -0.1) is 11.3 Å². The van der Waals surface area contributed by atoms with Crippen LogP contribution in [0.25, 0.3) is 70.9 Å². The number of rotatable bonds is 4. The minimum Gasteiger partial charge on any atom is -0.316 e. The van der Waals surface area contributed by atoms with Crippen LogP contribution in [0.5, 0.6) is 0 Å². The van der Waals surface area contributed by atoms with E-state index in [4.69, 9.17) is 15.0 Å². The number of aromatic nitrogens is 4. The van der Waals surface area contributed by atoms with E-state index in [0.717, 1.165) is 27.9 Å². The molecule has 40 heavy (non-hydrogen) atoms. The summed E-state index contributed by atoms with van der Waals surface area (Å²) >= 11 is 1.85. The Kier molecular flexibility index (Phi) is 5.28. The number of nitrogens with zero attached hydrogens (tertiary/aromatic N) is 4. The first kappa shape index (κ1) is 22.8. The third kappa shape index (κ3) is 3.71. The monoisotopic (exact) mass is 530 g/mol. The predicted molar refractivity (Wildman–Crippen MR) is 166 cm³/mol. The molecule has 0 aliphatic rings. The van der Waals surface area contributed by atoms with Gasteiger partial charge >= 0.3 is 0 Å². The Hall–Kier alpha value is -5.13. The van der Waals surface area contributed by atoms with Gasteiger partial charge in [0.25, 0.3) is 0 Å². The maximum absolute atomic E-state index is 5.00. The highest BCUT2D eigenvalue weighted by Crippen LogP contribution is 2.40. The number of thiophene rings is 1. The van der Waals surface area contributed by atoms with Crippen LogP contribution in [0, 0.1) is 0 Å². The SMILES string of the molecule is c1ccc(-c2nc(-c3ccccc3)nc(-c3ccccc3-n3ccc4c5sc6ccccc6c5ccc43)n2)cc1. The van der Waals surface area contributed by atoms with Gasteiger partial charge in [-0.25, -0.2) is 15.0 Å². The van der Waals surface area contributed by atoms with E-state index in [0.29, 0.717) is 17.5 Å². The van der Waals surface area contributed by atoms with Crippen molar-refractivity contribution in [1.82, 2.24) is 19.5 Å². The smallest absolute Gasteiger partial charge is 0.166 e. The fourth-order valence-electron chi connectivity index (χ4n) is 5.41. The molecule has 0 saturated heterocycles. The van der Waals surface area contributed by atoms with Crippen molar-refractivity contribution < 1.29 is 0 Å². The number of para-hydroxylation sites is 1. The Morgan fingerprint density at radius 2 is 1.10 bits per heavy atom. The lowest BCUT2D eigenvalue weighted by molar-refractivity contribution is 1.06. The van der Waals surface area contributed by atoms with E-state index in [1.807, 2.05) is 78.1 Å². The Morgan fingerprint density at radius 3 is 1.85 bits per heavy atom. The van der Waals surface area contributed by atoms with Crippen molar-refractivity contribution in [3.05, 3.63) is 134 Å². The second kappa shape index (κ2) is 9.26. The van der Waals surface area contributed by atoms with Gasteiger partial charge in [0.1, 0.15) is 0 Å². The summed E-state index contributed by atoms with van der Waals surface area (Å²) in [7, 11) is 0. The van der Waals surface area contributed by atoms with Crippen LogP contribution in [0.1, 0.15) is 0 Å². The lowest BCUT2D eigenvalue weighted by atomic mass is 10.1. The fourth-order valence-corrected chi connectivity index (χ4v) is 6.64. The summed E-state index contributed by atoms with van der Waals surface area (Å²) < 4.78 is 4.88. The summed E-state index contributed by atoms with van der Waals surface area (Å²) in [5.74, 6) is 1.96. The highest BCUT2D eigenvalue weighted by molar-refractivity contribution is 7.26. The Balaban J connectivity index is 1.34. The predicted octanol–water partition coefficient (Wildman–Crippen LogP) is 9.18. The number of hydrogen-bond donors (Lipinski definition) is 0. The summed E-state index contributed by atoms with van der Waals surface area (Å²) in [4.78, 5) is 14.9. The van der Waals surface area contributed by atoms with Crippen LogP contribution in [0.15, 0.2) is 134 Å². The average Bonchev–Trinajstić information content (AvgIpc) is 3.63. The minimum atomic E-state index is 0.646. The molecule has 5 aromatic carbocycles. The summed E-state index contributed by atoms with van der Waals surface area (Å²) in [6.07, 6.45) is 2.16. The molecule has 3 heterocycles. The third-order valence-corrected chi connectivity index (χ3v) is 8.54. The maximum Gasteiger partial charge on any atom is 0.166 e. The van der Waals surface area contributed by atoms with Crippen molar-refractivity contribution in [3.63, 3.8) is 0 Å². The molecule has 0 fully saturated rings. The van der Waals surface area contributed by atoms with E-state index >= 15 is 0 Å². The molecule has 0 bridgehead atoms. The molecular weight excluding hydrogens is 508 g/mol. The Labute approximate surface area is 234 Å². The van der Waals surface area contributed by atoms with Gasteiger partial charge in [0.05, 0.1) is 11.2 Å². The van der Waals surface area contributed by atoms with Gasteiger partial charge in [-0.2, -0.15) is 0 Å². The number of fused-ring (bicyclic) bond motifs is 5. The van der Waals surface area contributed by atoms with Crippen LogP contribution in [0.4, 0.5) is 0 Å². The highest BCUT2D eigenvalue weighted by atomic mass is 32.1. The molecule has 188 valence electrons. The fraction of sp³-hybridized carbons (Fsp3) is 0. The quantitative estimate of drug-likeness (QED) is 0.228. The second-order valence-corrected chi connectivity index (χ2v) is 10.8. The van der Waals surface area contributed by atoms with Crippen molar-refractivity contribution in [2.24, 2.45) is 0 Å².